The molecule has 6 heteroatoms. The van der Waals surface area contributed by atoms with Gasteiger partial charge in [-0.25, -0.2) is 0 Å². The van der Waals surface area contributed by atoms with Crippen LogP contribution in [0.15, 0.2) is 76.0 Å². The fourth-order valence-corrected chi connectivity index (χ4v) is 3.31. The molecule has 144 valence electrons. The maximum atomic E-state index is 12.4. The molecule has 1 aromatic heterocycles. The van der Waals surface area contributed by atoms with Crippen LogP contribution in [0.2, 0.25) is 0 Å². The number of para-hydroxylation sites is 1. The highest BCUT2D eigenvalue weighted by molar-refractivity contribution is 8.13. The zero-order valence-corrected chi connectivity index (χ0v) is 16.7. The molecule has 1 heterocycles. The van der Waals surface area contributed by atoms with Gasteiger partial charge in [0.1, 0.15) is 11.5 Å². The van der Waals surface area contributed by atoms with Gasteiger partial charge in [-0.3, -0.25) is 9.59 Å². The number of amides is 2. The number of aryl methyl sites for hydroxylation is 1. The molecule has 0 aliphatic rings. The summed E-state index contributed by atoms with van der Waals surface area (Å²) in [5.41, 5.74) is 1.65. The van der Waals surface area contributed by atoms with Gasteiger partial charge in [-0.15, -0.1) is 0 Å². The second-order valence-electron chi connectivity index (χ2n) is 6.44. The molecule has 0 atom stereocenters. The molecule has 2 aromatic carbocycles. The van der Waals surface area contributed by atoms with Crippen molar-refractivity contribution in [2.24, 2.45) is 0 Å². The van der Waals surface area contributed by atoms with Gasteiger partial charge in [0, 0.05) is 37.4 Å². The molecule has 0 bridgehead atoms. The molecule has 0 spiro atoms. The van der Waals surface area contributed by atoms with Crippen molar-refractivity contribution in [2.45, 2.75) is 17.7 Å². The lowest BCUT2D eigenvalue weighted by atomic mass is 10.2. The van der Waals surface area contributed by atoms with Crippen LogP contribution in [0.4, 0.5) is 10.5 Å². The Balaban J connectivity index is 1.58. The lowest BCUT2D eigenvalue weighted by molar-refractivity contribution is -0.116. The number of hydrogen-bond donors (Lipinski definition) is 1. The zero-order chi connectivity index (χ0) is 19.9. The van der Waals surface area contributed by atoms with Crippen molar-refractivity contribution >= 4 is 28.6 Å². The van der Waals surface area contributed by atoms with E-state index in [2.05, 4.69) is 5.32 Å². The largest absolute Gasteiger partial charge is 0.461 e. The Morgan fingerprint density at radius 1 is 0.964 bits per heavy atom. The van der Waals surface area contributed by atoms with Crippen LogP contribution in [0.25, 0.3) is 11.3 Å². The molecule has 3 rings (SSSR count). The summed E-state index contributed by atoms with van der Waals surface area (Å²) in [6, 6.07) is 21.0. The Kier molecular flexibility index (Phi) is 6.55. The monoisotopic (exact) mass is 394 g/mol. The van der Waals surface area contributed by atoms with Crippen molar-refractivity contribution in [3.63, 3.8) is 0 Å². The Hall–Kier alpha value is -2.99. The van der Waals surface area contributed by atoms with Gasteiger partial charge in [0.05, 0.1) is 5.69 Å². The molecule has 0 unspecified atom stereocenters. The third-order valence-corrected chi connectivity index (χ3v) is 5.16. The fraction of sp³-hybridized carbons (Fsp3) is 0.182. The standard InChI is InChI=1S/C22H22N2O3S/c1-24(2)22(26)28-20-11-7-6-10-18(20)23-21(25)15-13-17-12-14-19(27-17)16-8-4-3-5-9-16/h3-12,14H,13,15H2,1-2H3,(H,23,25). The van der Waals surface area contributed by atoms with Gasteiger partial charge in [0.15, 0.2) is 0 Å². The highest BCUT2D eigenvalue weighted by Gasteiger charge is 2.13. The lowest BCUT2D eigenvalue weighted by Crippen LogP contribution is -2.17. The van der Waals surface area contributed by atoms with Crippen molar-refractivity contribution in [1.82, 2.24) is 4.90 Å². The van der Waals surface area contributed by atoms with Crippen LogP contribution >= 0.6 is 11.8 Å². The second-order valence-corrected chi connectivity index (χ2v) is 7.43. The topological polar surface area (TPSA) is 62.6 Å². The van der Waals surface area contributed by atoms with Crippen LogP contribution < -0.4 is 5.32 Å². The molecular formula is C22H22N2O3S. The van der Waals surface area contributed by atoms with E-state index in [1.807, 2.05) is 60.7 Å². The summed E-state index contributed by atoms with van der Waals surface area (Å²) in [6.07, 6.45) is 0.799. The van der Waals surface area contributed by atoms with Crippen LogP contribution in [-0.4, -0.2) is 30.1 Å². The number of benzene rings is 2. The maximum absolute atomic E-state index is 12.4. The average Bonchev–Trinajstić information content (AvgIpc) is 3.17. The molecule has 0 radical (unpaired) electrons. The smallest absolute Gasteiger partial charge is 0.286 e. The average molecular weight is 394 g/mol. The van der Waals surface area contributed by atoms with Gasteiger partial charge >= 0.3 is 0 Å². The third-order valence-electron chi connectivity index (χ3n) is 4.04. The number of furan rings is 1. The summed E-state index contributed by atoms with van der Waals surface area (Å²) in [7, 11) is 3.40. The maximum Gasteiger partial charge on any atom is 0.286 e. The normalized spacial score (nSPS) is 10.5. The molecule has 1 N–H and O–H groups in total. The van der Waals surface area contributed by atoms with Gasteiger partial charge in [-0.1, -0.05) is 42.5 Å². The van der Waals surface area contributed by atoms with Crippen molar-refractivity contribution in [1.29, 1.82) is 0 Å². The number of carbonyl (C=O) groups is 2. The molecule has 5 nitrogen and oxygen atoms in total. The first-order valence-corrected chi connectivity index (χ1v) is 9.77. The van der Waals surface area contributed by atoms with E-state index in [9.17, 15) is 9.59 Å². The van der Waals surface area contributed by atoms with Crippen LogP contribution in [0.3, 0.4) is 0 Å². The number of nitrogens with zero attached hydrogens (tertiary/aromatic N) is 1. The summed E-state index contributed by atoms with van der Waals surface area (Å²) in [4.78, 5) is 26.5. The van der Waals surface area contributed by atoms with Gasteiger partial charge in [0.25, 0.3) is 5.24 Å². The summed E-state index contributed by atoms with van der Waals surface area (Å²) in [6.45, 7) is 0. The van der Waals surface area contributed by atoms with Gasteiger partial charge in [-0.2, -0.15) is 0 Å². The van der Waals surface area contributed by atoms with Crippen molar-refractivity contribution in [2.75, 3.05) is 19.4 Å². The SMILES string of the molecule is CN(C)C(=O)Sc1ccccc1NC(=O)CCc1ccc(-c2ccccc2)o1. The van der Waals surface area contributed by atoms with Gasteiger partial charge < -0.3 is 14.6 Å². The van der Waals surface area contributed by atoms with Crippen LogP contribution in [0.1, 0.15) is 12.2 Å². The predicted octanol–water partition coefficient (Wildman–Crippen LogP) is 5.29. The van der Waals surface area contributed by atoms with Gasteiger partial charge in [0.2, 0.25) is 5.91 Å². The number of carbonyl (C=O) groups excluding carboxylic acids is 2. The highest BCUT2D eigenvalue weighted by Crippen LogP contribution is 2.29. The van der Waals surface area contributed by atoms with E-state index in [-0.39, 0.29) is 11.1 Å². The van der Waals surface area contributed by atoms with Crippen LogP contribution in [0, 0.1) is 0 Å². The summed E-state index contributed by atoms with van der Waals surface area (Å²) in [5, 5.41) is 2.80. The lowest BCUT2D eigenvalue weighted by Gasteiger charge is -2.13. The summed E-state index contributed by atoms with van der Waals surface area (Å²) >= 11 is 1.09. The Bertz CT molecular complexity index is 951. The number of anilines is 1. The van der Waals surface area contributed by atoms with E-state index in [0.29, 0.717) is 18.5 Å². The van der Waals surface area contributed by atoms with Crippen LogP contribution in [0.5, 0.6) is 0 Å². The number of thioether (sulfide) groups is 1. The Morgan fingerprint density at radius 3 is 2.43 bits per heavy atom. The van der Waals surface area contributed by atoms with Crippen molar-refractivity contribution in [3.05, 3.63) is 72.5 Å². The minimum Gasteiger partial charge on any atom is -0.461 e. The highest BCUT2D eigenvalue weighted by atomic mass is 32.2. The Morgan fingerprint density at radius 2 is 1.68 bits per heavy atom. The third kappa shape index (κ3) is 5.27. The Labute approximate surface area is 168 Å². The summed E-state index contributed by atoms with van der Waals surface area (Å²) in [5.74, 6) is 1.43. The molecule has 3 aromatic rings. The molecule has 0 saturated carbocycles. The molecular weight excluding hydrogens is 372 g/mol. The van der Waals surface area contributed by atoms with E-state index in [0.717, 1.165) is 33.7 Å². The summed E-state index contributed by atoms with van der Waals surface area (Å²) < 4.78 is 5.84. The zero-order valence-electron chi connectivity index (χ0n) is 15.8. The van der Waals surface area contributed by atoms with E-state index in [1.54, 1.807) is 20.2 Å². The number of hydrogen-bond acceptors (Lipinski definition) is 4. The molecule has 0 saturated heterocycles. The molecule has 28 heavy (non-hydrogen) atoms. The first kappa shape index (κ1) is 19.8. The second kappa shape index (κ2) is 9.28. The quantitative estimate of drug-likeness (QED) is 0.577. The number of rotatable bonds is 6. The first-order chi connectivity index (χ1) is 13.5. The fourth-order valence-electron chi connectivity index (χ4n) is 2.56. The molecule has 0 aliphatic carbocycles. The van der Waals surface area contributed by atoms with E-state index < -0.39 is 0 Å². The van der Waals surface area contributed by atoms with Crippen molar-refractivity contribution in [3.8, 4) is 11.3 Å². The first-order valence-electron chi connectivity index (χ1n) is 8.95. The molecule has 0 fully saturated rings. The van der Waals surface area contributed by atoms with Crippen molar-refractivity contribution < 1.29 is 14.0 Å². The molecule has 2 amide bonds. The molecule has 0 aliphatic heterocycles. The van der Waals surface area contributed by atoms with E-state index in [4.69, 9.17) is 4.42 Å². The predicted molar refractivity (Wildman–Crippen MR) is 112 cm³/mol. The van der Waals surface area contributed by atoms with E-state index in [1.165, 1.54) is 4.90 Å². The minimum atomic E-state index is -0.122. The van der Waals surface area contributed by atoms with E-state index >= 15 is 0 Å². The minimum absolute atomic E-state index is 0.0919. The number of nitrogens with one attached hydrogen (secondary N) is 1. The van der Waals surface area contributed by atoms with Crippen LogP contribution in [-0.2, 0) is 11.2 Å². The van der Waals surface area contributed by atoms with Gasteiger partial charge in [-0.05, 0) is 36.0 Å².